The molecule has 0 amide bonds. The molecule has 0 bridgehead atoms. The number of H-pyrrole nitrogens is 1. The molecule has 0 spiro atoms. The second-order valence-corrected chi connectivity index (χ2v) is 6.66. The summed E-state index contributed by atoms with van der Waals surface area (Å²) in [5.41, 5.74) is 0.958. The third-order valence-corrected chi connectivity index (χ3v) is 4.29. The first-order valence-electron chi connectivity index (χ1n) is 7.22. The minimum atomic E-state index is -4.37. The van der Waals surface area contributed by atoms with Crippen LogP contribution in [-0.2, 0) is 10.1 Å². The zero-order valence-corrected chi connectivity index (χ0v) is 13.9. The Hall–Kier alpha value is -3.04. The fraction of sp³-hybridized carbons (Fsp3) is 0.0625. The average Bonchev–Trinajstić information content (AvgIpc) is 2.88. The van der Waals surface area contributed by atoms with Crippen LogP contribution < -0.4 is 5.56 Å². The molecule has 0 fully saturated rings. The van der Waals surface area contributed by atoms with Gasteiger partial charge in [-0.25, -0.2) is 4.68 Å². The molecular formula is C16H14N4O4S. The van der Waals surface area contributed by atoms with Crippen molar-refractivity contribution in [2.24, 2.45) is 10.2 Å². The van der Waals surface area contributed by atoms with Gasteiger partial charge in [-0.15, -0.1) is 5.11 Å². The molecule has 9 heteroatoms. The second kappa shape index (κ2) is 6.46. The Morgan fingerprint density at radius 1 is 1.04 bits per heavy atom. The molecule has 1 aromatic heterocycles. The molecule has 3 aromatic rings. The lowest BCUT2D eigenvalue weighted by Crippen LogP contribution is -2.14. The topological polar surface area (TPSA) is 117 Å². The van der Waals surface area contributed by atoms with Crippen molar-refractivity contribution in [3.8, 4) is 5.69 Å². The summed E-state index contributed by atoms with van der Waals surface area (Å²) in [5, 5.41) is 10.8. The van der Waals surface area contributed by atoms with Gasteiger partial charge in [0.15, 0.2) is 5.69 Å². The van der Waals surface area contributed by atoms with Gasteiger partial charge in [0.25, 0.3) is 15.7 Å². The minimum Gasteiger partial charge on any atom is -0.293 e. The van der Waals surface area contributed by atoms with Gasteiger partial charge in [0.1, 0.15) is 0 Å². The highest BCUT2D eigenvalue weighted by Gasteiger charge is 2.15. The largest absolute Gasteiger partial charge is 0.299 e. The molecule has 8 nitrogen and oxygen atoms in total. The summed E-state index contributed by atoms with van der Waals surface area (Å²) in [4.78, 5) is 12.2. The first kappa shape index (κ1) is 16.8. The van der Waals surface area contributed by atoms with Gasteiger partial charge in [0.2, 0.25) is 0 Å². The van der Waals surface area contributed by atoms with Gasteiger partial charge in [-0.2, -0.15) is 13.5 Å². The molecule has 25 heavy (non-hydrogen) atoms. The third-order valence-electron chi connectivity index (χ3n) is 3.44. The fourth-order valence-electron chi connectivity index (χ4n) is 2.22. The molecule has 3 rings (SSSR count). The maximum Gasteiger partial charge on any atom is 0.299 e. The van der Waals surface area contributed by atoms with Gasteiger partial charge in [-0.3, -0.25) is 14.4 Å². The predicted molar refractivity (Wildman–Crippen MR) is 91.6 cm³/mol. The van der Waals surface area contributed by atoms with E-state index in [0.29, 0.717) is 11.4 Å². The molecule has 0 aliphatic carbocycles. The number of nitrogens with zero attached hydrogens (tertiary/aromatic N) is 3. The number of hydrogen-bond donors (Lipinski definition) is 2. The van der Waals surface area contributed by atoms with E-state index in [1.54, 1.807) is 31.2 Å². The molecule has 0 aliphatic rings. The number of aromatic amines is 1. The van der Waals surface area contributed by atoms with Gasteiger partial charge in [-0.1, -0.05) is 24.3 Å². The standard InChI is InChI=1S/C16H14N4O4S/c1-11-15(18-17-12-6-3-2-4-7-12)16(21)20(19-11)13-8-5-9-14(10-13)25(22,23)24/h2-10,19H,1H3,(H,22,23,24). The number of nitrogens with one attached hydrogen (secondary N) is 1. The highest BCUT2D eigenvalue weighted by Crippen LogP contribution is 2.19. The fourth-order valence-corrected chi connectivity index (χ4v) is 2.74. The molecule has 2 aromatic carbocycles. The van der Waals surface area contributed by atoms with E-state index in [0.717, 1.165) is 4.68 Å². The first-order chi connectivity index (χ1) is 11.9. The summed E-state index contributed by atoms with van der Waals surface area (Å²) in [6.07, 6.45) is 0. The number of aryl methyl sites for hydroxylation is 1. The Labute approximate surface area is 143 Å². The molecule has 0 saturated carbocycles. The molecule has 0 saturated heterocycles. The number of hydrogen-bond acceptors (Lipinski definition) is 5. The maximum atomic E-state index is 12.5. The highest BCUT2D eigenvalue weighted by atomic mass is 32.2. The van der Waals surface area contributed by atoms with Crippen molar-refractivity contribution < 1.29 is 13.0 Å². The van der Waals surface area contributed by atoms with E-state index in [1.807, 2.05) is 6.07 Å². The number of azo groups is 1. The normalized spacial score (nSPS) is 11.9. The monoisotopic (exact) mass is 358 g/mol. The lowest BCUT2D eigenvalue weighted by Gasteiger charge is -2.03. The van der Waals surface area contributed by atoms with Crippen LogP contribution in [0.25, 0.3) is 5.69 Å². The van der Waals surface area contributed by atoms with Crippen LogP contribution >= 0.6 is 0 Å². The van der Waals surface area contributed by atoms with Crippen LogP contribution in [0, 0.1) is 6.92 Å². The van der Waals surface area contributed by atoms with Crippen molar-refractivity contribution in [2.75, 3.05) is 0 Å². The van der Waals surface area contributed by atoms with E-state index >= 15 is 0 Å². The van der Waals surface area contributed by atoms with Crippen LogP contribution in [0.1, 0.15) is 5.69 Å². The number of benzene rings is 2. The average molecular weight is 358 g/mol. The van der Waals surface area contributed by atoms with Crippen LogP contribution in [0.2, 0.25) is 0 Å². The Kier molecular flexibility index (Phi) is 4.34. The van der Waals surface area contributed by atoms with Gasteiger partial charge in [-0.05, 0) is 37.3 Å². The molecule has 0 aliphatic heterocycles. The van der Waals surface area contributed by atoms with E-state index in [-0.39, 0.29) is 16.3 Å². The molecular weight excluding hydrogens is 344 g/mol. The van der Waals surface area contributed by atoms with Gasteiger partial charge < -0.3 is 0 Å². The summed E-state index contributed by atoms with van der Waals surface area (Å²) in [5.74, 6) is 0. The summed E-state index contributed by atoms with van der Waals surface area (Å²) in [7, 11) is -4.37. The quantitative estimate of drug-likeness (QED) is 0.550. The van der Waals surface area contributed by atoms with E-state index in [1.165, 1.54) is 24.3 Å². The highest BCUT2D eigenvalue weighted by molar-refractivity contribution is 7.85. The maximum absolute atomic E-state index is 12.5. The number of rotatable bonds is 4. The molecule has 0 radical (unpaired) electrons. The smallest absolute Gasteiger partial charge is 0.293 e. The summed E-state index contributed by atoms with van der Waals surface area (Å²) in [6.45, 7) is 1.66. The van der Waals surface area contributed by atoms with Crippen molar-refractivity contribution in [1.82, 2.24) is 9.78 Å². The van der Waals surface area contributed by atoms with Crippen LogP contribution in [0.5, 0.6) is 0 Å². The van der Waals surface area contributed by atoms with Crippen molar-refractivity contribution >= 4 is 21.5 Å². The Morgan fingerprint density at radius 3 is 2.44 bits per heavy atom. The molecule has 0 unspecified atom stereocenters. The van der Waals surface area contributed by atoms with Gasteiger partial charge in [0, 0.05) is 0 Å². The zero-order valence-electron chi connectivity index (χ0n) is 13.1. The van der Waals surface area contributed by atoms with Crippen molar-refractivity contribution in [2.45, 2.75) is 11.8 Å². The van der Waals surface area contributed by atoms with E-state index in [2.05, 4.69) is 15.3 Å². The van der Waals surface area contributed by atoms with Crippen LogP contribution in [0.4, 0.5) is 11.4 Å². The molecule has 128 valence electrons. The molecule has 1 heterocycles. The first-order valence-corrected chi connectivity index (χ1v) is 8.66. The van der Waals surface area contributed by atoms with Crippen LogP contribution in [0.15, 0.2) is 74.5 Å². The van der Waals surface area contributed by atoms with E-state index in [4.69, 9.17) is 4.55 Å². The molecule has 0 atom stereocenters. The van der Waals surface area contributed by atoms with E-state index < -0.39 is 15.7 Å². The lowest BCUT2D eigenvalue weighted by molar-refractivity contribution is 0.483. The van der Waals surface area contributed by atoms with Gasteiger partial charge >= 0.3 is 0 Å². The van der Waals surface area contributed by atoms with Gasteiger partial charge in [0.05, 0.1) is 22.0 Å². The van der Waals surface area contributed by atoms with Crippen molar-refractivity contribution in [3.63, 3.8) is 0 Å². The third kappa shape index (κ3) is 3.57. The van der Waals surface area contributed by atoms with Crippen molar-refractivity contribution in [1.29, 1.82) is 0 Å². The molecule has 2 N–H and O–H groups in total. The SMILES string of the molecule is Cc1[nH]n(-c2cccc(S(=O)(=O)O)c2)c(=O)c1N=Nc1ccccc1. The zero-order chi connectivity index (χ0) is 18.0. The lowest BCUT2D eigenvalue weighted by atomic mass is 10.3. The summed E-state index contributed by atoms with van der Waals surface area (Å²) < 4.78 is 32.8. The predicted octanol–water partition coefficient (Wildman–Crippen LogP) is 3.14. The second-order valence-electron chi connectivity index (χ2n) is 5.23. The van der Waals surface area contributed by atoms with E-state index in [9.17, 15) is 13.2 Å². The Balaban J connectivity index is 2.04. The van der Waals surface area contributed by atoms with Crippen LogP contribution in [0.3, 0.4) is 0 Å². The Bertz CT molecular complexity index is 1100. The summed E-state index contributed by atoms with van der Waals surface area (Å²) >= 11 is 0. The number of aromatic nitrogens is 2. The van der Waals surface area contributed by atoms with Crippen molar-refractivity contribution in [3.05, 3.63) is 70.6 Å². The van der Waals surface area contributed by atoms with Crippen LogP contribution in [-0.4, -0.2) is 22.8 Å². The summed E-state index contributed by atoms with van der Waals surface area (Å²) in [6, 6.07) is 14.3. The Morgan fingerprint density at radius 2 is 1.76 bits per heavy atom. The minimum absolute atomic E-state index is 0.112.